The Morgan fingerprint density at radius 1 is 1.71 bits per heavy atom. The topological polar surface area (TPSA) is 85.0 Å². The lowest BCUT2D eigenvalue weighted by Gasteiger charge is -2.12. The summed E-state index contributed by atoms with van der Waals surface area (Å²) in [4.78, 5) is 10.7. The van der Waals surface area contributed by atoms with Gasteiger partial charge in [0.2, 0.25) is 5.82 Å². The fraction of sp³-hybridized carbons (Fsp3) is 0.700. The molecule has 2 heterocycles. The van der Waals surface area contributed by atoms with Crippen LogP contribution in [0.3, 0.4) is 0 Å². The molecule has 0 amide bonds. The highest BCUT2D eigenvalue weighted by Gasteiger charge is 2.27. The van der Waals surface area contributed by atoms with Crippen molar-refractivity contribution in [2.45, 2.75) is 32.9 Å². The largest absolute Gasteiger partial charge is 0.360 e. The molecule has 0 aliphatic carbocycles. The number of hydrogen-bond acceptors (Lipinski definition) is 5. The van der Waals surface area contributed by atoms with Gasteiger partial charge in [0.25, 0.3) is 0 Å². The number of nitro groups is 1. The minimum Gasteiger partial charge on any atom is -0.360 e. The highest BCUT2D eigenvalue weighted by Crippen LogP contribution is 2.29. The highest BCUT2D eigenvalue weighted by atomic mass is 16.6. The summed E-state index contributed by atoms with van der Waals surface area (Å²) < 4.78 is 1.66. The van der Waals surface area contributed by atoms with Crippen LogP contribution < -0.4 is 10.6 Å². The van der Waals surface area contributed by atoms with Crippen LogP contribution in [-0.4, -0.2) is 33.8 Å². The third-order valence-corrected chi connectivity index (χ3v) is 2.98. The van der Waals surface area contributed by atoms with Crippen LogP contribution in [0, 0.1) is 17.0 Å². The first-order valence-electron chi connectivity index (χ1n) is 5.82. The highest BCUT2D eigenvalue weighted by molar-refractivity contribution is 5.60. The van der Waals surface area contributed by atoms with Gasteiger partial charge in [-0.3, -0.25) is 10.1 Å². The fourth-order valence-electron chi connectivity index (χ4n) is 2.13. The second-order valence-electron chi connectivity index (χ2n) is 4.19. The molecular formula is C10H17N5O2. The summed E-state index contributed by atoms with van der Waals surface area (Å²) in [5, 5.41) is 21.7. The first kappa shape index (κ1) is 11.8. The monoisotopic (exact) mass is 239 g/mol. The van der Waals surface area contributed by atoms with E-state index in [-0.39, 0.29) is 16.7 Å². The van der Waals surface area contributed by atoms with Gasteiger partial charge in [-0.05, 0) is 26.8 Å². The number of nitrogens with zero attached hydrogens (tertiary/aromatic N) is 3. The van der Waals surface area contributed by atoms with Crippen molar-refractivity contribution >= 4 is 11.5 Å². The van der Waals surface area contributed by atoms with Crippen LogP contribution in [0.1, 0.15) is 19.0 Å². The summed E-state index contributed by atoms with van der Waals surface area (Å²) in [6.45, 7) is 6.00. The van der Waals surface area contributed by atoms with Crippen LogP contribution in [-0.2, 0) is 6.54 Å². The van der Waals surface area contributed by atoms with E-state index in [1.807, 2.05) is 6.92 Å². The average molecular weight is 239 g/mol. The third-order valence-electron chi connectivity index (χ3n) is 2.98. The smallest absolute Gasteiger partial charge is 0.333 e. The second-order valence-corrected chi connectivity index (χ2v) is 4.19. The minimum absolute atomic E-state index is 0.0961. The Bertz CT molecular complexity index is 423. The number of aromatic nitrogens is 2. The fourth-order valence-corrected chi connectivity index (χ4v) is 2.13. The molecule has 1 saturated heterocycles. The number of anilines is 1. The minimum atomic E-state index is -0.362. The zero-order valence-electron chi connectivity index (χ0n) is 10.1. The average Bonchev–Trinajstić information content (AvgIpc) is 2.86. The van der Waals surface area contributed by atoms with Gasteiger partial charge in [-0.1, -0.05) is 0 Å². The number of aryl methyl sites for hydroxylation is 2. The molecule has 0 saturated carbocycles. The molecule has 1 aliphatic heterocycles. The maximum atomic E-state index is 11.0. The van der Waals surface area contributed by atoms with E-state index in [9.17, 15) is 10.1 Å². The van der Waals surface area contributed by atoms with Gasteiger partial charge < -0.3 is 10.6 Å². The number of rotatable bonds is 4. The molecule has 1 unspecified atom stereocenters. The van der Waals surface area contributed by atoms with Crippen LogP contribution in [0.15, 0.2) is 0 Å². The van der Waals surface area contributed by atoms with Gasteiger partial charge in [-0.25, -0.2) is 4.68 Å². The summed E-state index contributed by atoms with van der Waals surface area (Å²) in [6.07, 6.45) is 0.977. The van der Waals surface area contributed by atoms with Crippen molar-refractivity contribution in [2.75, 3.05) is 18.4 Å². The van der Waals surface area contributed by atoms with E-state index >= 15 is 0 Å². The van der Waals surface area contributed by atoms with E-state index in [2.05, 4.69) is 15.7 Å². The van der Waals surface area contributed by atoms with Gasteiger partial charge in [-0.15, -0.1) is 0 Å². The van der Waals surface area contributed by atoms with E-state index in [4.69, 9.17) is 0 Å². The predicted molar refractivity (Wildman–Crippen MR) is 64.2 cm³/mol. The summed E-state index contributed by atoms with van der Waals surface area (Å²) in [6, 6.07) is 0.245. The molecule has 0 spiro atoms. The Balaban J connectivity index is 2.31. The van der Waals surface area contributed by atoms with Gasteiger partial charge in [0.05, 0.1) is 4.92 Å². The number of nitrogens with one attached hydrogen (secondary N) is 2. The van der Waals surface area contributed by atoms with Crippen molar-refractivity contribution in [3.8, 4) is 0 Å². The van der Waals surface area contributed by atoms with E-state index in [0.29, 0.717) is 18.1 Å². The molecule has 7 nitrogen and oxygen atoms in total. The quantitative estimate of drug-likeness (QED) is 0.602. The third kappa shape index (κ3) is 2.23. The zero-order valence-corrected chi connectivity index (χ0v) is 10.1. The Morgan fingerprint density at radius 2 is 2.47 bits per heavy atom. The maximum Gasteiger partial charge on any atom is 0.333 e. The van der Waals surface area contributed by atoms with Crippen molar-refractivity contribution in [1.82, 2.24) is 15.1 Å². The molecule has 0 radical (unpaired) electrons. The molecule has 2 rings (SSSR count). The molecule has 1 atom stereocenters. The Morgan fingerprint density at radius 3 is 3.00 bits per heavy atom. The lowest BCUT2D eigenvalue weighted by Crippen LogP contribution is -2.24. The van der Waals surface area contributed by atoms with Crippen molar-refractivity contribution in [3.05, 3.63) is 15.8 Å². The lowest BCUT2D eigenvalue weighted by atomic mass is 10.2. The predicted octanol–water partition coefficient (Wildman–Crippen LogP) is 0.893. The second kappa shape index (κ2) is 4.70. The van der Waals surface area contributed by atoms with Crippen LogP contribution in [0.4, 0.5) is 11.5 Å². The van der Waals surface area contributed by atoms with Crippen molar-refractivity contribution in [1.29, 1.82) is 0 Å². The SMILES string of the molecule is CCn1nc(C)c([N+](=O)[O-])c1NC1CCNC1. The normalized spacial score (nSPS) is 19.5. The molecule has 1 aromatic rings. The van der Waals surface area contributed by atoms with Gasteiger partial charge >= 0.3 is 5.69 Å². The summed E-state index contributed by atoms with van der Waals surface area (Å²) in [5.74, 6) is 0.531. The van der Waals surface area contributed by atoms with E-state index in [1.54, 1.807) is 11.6 Å². The van der Waals surface area contributed by atoms with E-state index in [1.165, 1.54) is 0 Å². The zero-order chi connectivity index (χ0) is 12.4. The molecule has 1 aliphatic rings. The molecule has 0 aromatic carbocycles. The Labute approximate surface area is 99.3 Å². The number of hydrogen-bond donors (Lipinski definition) is 2. The maximum absolute atomic E-state index is 11.0. The lowest BCUT2D eigenvalue weighted by molar-refractivity contribution is -0.384. The molecular weight excluding hydrogens is 222 g/mol. The first-order chi connectivity index (χ1) is 8.13. The van der Waals surface area contributed by atoms with Crippen LogP contribution in [0.2, 0.25) is 0 Å². The van der Waals surface area contributed by atoms with Crippen LogP contribution in [0.5, 0.6) is 0 Å². The van der Waals surface area contributed by atoms with Crippen LogP contribution in [0.25, 0.3) is 0 Å². The summed E-state index contributed by atoms with van der Waals surface area (Å²) >= 11 is 0. The summed E-state index contributed by atoms with van der Waals surface area (Å²) in [5.41, 5.74) is 0.559. The van der Waals surface area contributed by atoms with Gasteiger partial charge in [0.15, 0.2) is 0 Å². The molecule has 2 N–H and O–H groups in total. The summed E-state index contributed by atoms with van der Waals surface area (Å²) in [7, 11) is 0. The molecule has 17 heavy (non-hydrogen) atoms. The molecule has 7 heteroatoms. The van der Waals surface area contributed by atoms with Crippen LogP contribution >= 0.6 is 0 Å². The van der Waals surface area contributed by atoms with E-state index in [0.717, 1.165) is 19.5 Å². The Kier molecular flexibility index (Phi) is 3.28. The first-order valence-corrected chi connectivity index (χ1v) is 5.82. The van der Waals surface area contributed by atoms with Crippen molar-refractivity contribution in [3.63, 3.8) is 0 Å². The molecule has 1 aromatic heterocycles. The Hall–Kier alpha value is -1.63. The van der Waals surface area contributed by atoms with Crippen molar-refractivity contribution < 1.29 is 4.92 Å². The van der Waals surface area contributed by atoms with E-state index < -0.39 is 0 Å². The van der Waals surface area contributed by atoms with Gasteiger partial charge in [0, 0.05) is 19.1 Å². The molecule has 94 valence electrons. The molecule has 1 fully saturated rings. The van der Waals surface area contributed by atoms with Gasteiger partial charge in [-0.2, -0.15) is 5.10 Å². The van der Waals surface area contributed by atoms with Gasteiger partial charge in [0.1, 0.15) is 5.69 Å². The molecule has 0 bridgehead atoms. The van der Waals surface area contributed by atoms with Crippen molar-refractivity contribution in [2.24, 2.45) is 0 Å². The standard InChI is InChI=1S/C10H17N5O2/c1-3-14-10(12-8-4-5-11-6-8)9(15(16)17)7(2)13-14/h8,11-12H,3-6H2,1-2H3.